The van der Waals surface area contributed by atoms with Gasteiger partial charge in [0.05, 0.1) is 18.2 Å². The molecule has 136 valence electrons. The summed E-state index contributed by atoms with van der Waals surface area (Å²) in [6.45, 7) is 7.17. The van der Waals surface area contributed by atoms with E-state index in [-0.39, 0.29) is 0 Å². The van der Waals surface area contributed by atoms with Gasteiger partial charge in [-0.05, 0) is 42.7 Å². The first-order valence-electron chi connectivity index (χ1n) is 8.47. The van der Waals surface area contributed by atoms with E-state index in [9.17, 15) is 0 Å². The highest BCUT2D eigenvalue weighted by molar-refractivity contribution is 6.32. The monoisotopic (exact) mass is 363 g/mol. The van der Waals surface area contributed by atoms with Gasteiger partial charge in [0.1, 0.15) is 6.61 Å². The molecule has 0 saturated heterocycles. The summed E-state index contributed by atoms with van der Waals surface area (Å²) in [6, 6.07) is 12.0. The quantitative estimate of drug-likeness (QED) is 0.636. The first-order chi connectivity index (χ1) is 12.2. The van der Waals surface area contributed by atoms with Crippen LogP contribution in [0.1, 0.15) is 23.6 Å². The van der Waals surface area contributed by atoms with Gasteiger partial charge in [0.25, 0.3) is 0 Å². The fourth-order valence-electron chi connectivity index (χ4n) is 2.46. The van der Waals surface area contributed by atoms with Crippen molar-refractivity contribution in [3.8, 4) is 11.5 Å². The van der Waals surface area contributed by atoms with Gasteiger partial charge in [-0.25, -0.2) is 0 Å². The molecular weight excluding hydrogens is 338 g/mol. The van der Waals surface area contributed by atoms with Crippen LogP contribution in [-0.2, 0) is 17.9 Å². The molecule has 0 fully saturated rings. The van der Waals surface area contributed by atoms with Crippen molar-refractivity contribution in [2.75, 3.05) is 26.9 Å². The Kier molecular flexibility index (Phi) is 8.06. The van der Waals surface area contributed by atoms with E-state index < -0.39 is 0 Å². The standard InChI is InChI=1S/C20H26ClNO3/c1-4-24-19-12-16(13-22-9-10-23-3)11-18(21)20(19)25-14-17-8-6-5-7-15(17)2/h5-8,11-12,22H,4,9-10,13-14H2,1-3H3. The number of benzene rings is 2. The van der Waals surface area contributed by atoms with Gasteiger partial charge in [-0.2, -0.15) is 0 Å². The van der Waals surface area contributed by atoms with Crippen molar-refractivity contribution in [3.05, 3.63) is 58.1 Å². The van der Waals surface area contributed by atoms with Gasteiger partial charge in [0, 0.05) is 20.2 Å². The van der Waals surface area contributed by atoms with Crippen molar-refractivity contribution >= 4 is 11.6 Å². The molecule has 0 aliphatic heterocycles. The van der Waals surface area contributed by atoms with Crippen LogP contribution in [-0.4, -0.2) is 26.9 Å². The minimum absolute atomic E-state index is 0.456. The van der Waals surface area contributed by atoms with Crippen LogP contribution in [0.3, 0.4) is 0 Å². The van der Waals surface area contributed by atoms with Crippen LogP contribution in [0.2, 0.25) is 5.02 Å². The molecule has 0 atom stereocenters. The first-order valence-corrected chi connectivity index (χ1v) is 8.85. The fraction of sp³-hybridized carbons (Fsp3) is 0.400. The van der Waals surface area contributed by atoms with E-state index in [4.69, 9.17) is 25.8 Å². The Labute approximate surface area is 155 Å². The minimum Gasteiger partial charge on any atom is -0.490 e. The molecule has 2 aromatic rings. The van der Waals surface area contributed by atoms with Gasteiger partial charge in [0.15, 0.2) is 11.5 Å². The summed E-state index contributed by atoms with van der Waals surface area (Å²) < 4.78 is 16.8. The predicted octanol–water partition coefficient (Wildman–Crippen LogP) is 4.36. The molecule has 2 rings (SSSR count). The van der Waals surface area contributed by atoms with Crippen molar-refractivity contribution < 1.29 is 14.2 Å². The van der Waals surface area contributed by atoms with Gasteiger partial charge in [-0.15, -0.1) is 0 Å². The molecule has 0 bridgehead atoms. The Morgan fingerprint density at radius 2 is 1.92 bits per heavy atom. The average molecular weight is 364 g/mol. The maximum atomic E-state index is 6.46. The normalized spacial score (nSPS) is 10.7. The van der Waals surface area contributed by atoms with Gasteiger partial charge in [-0.1, -0.05) is 35.9 Å². The third kappa shape index (κ3) is 5.92. The molecule has 0 saturated carbocycles. The fourth-order valence-corrected chi connectivity index (χ4v) is 2.74. The Hall–Kier alpha value is -1.75. The van der Waals surface area contributed by atoms with Crippen LogP contribution in [0.15, 0.2) is 36.4 Å². The summed E-state index contributed by atoms with van der Waals surface area (Å²) in [5, 5.41) is 3.86. The smallest absolute Gasteiger partial charge is 0.180 e. The van der Waals surface area contributed by atoms with Crippen molar-refractivity contribution in [2.24, 2.45) is 0 Å². The SMILES string of the molecule is CCOc1cc(CNCCOC)cc(Cl)c1OCc1ccccc1C. The van der Waals surface area contributed by atoms with Crippen LogP contribution < -0.4 is 14.8 Å². The zero-order valence-electron chi connectivity index (χ0n) is 15.1. The summed E-state index contributed by atoms with van der Waals surface area (Å²) in [5.41, 5.74) is 3.37. The van der Waals surface area contributed by atoms with Crippen LogP contribution in [0.25, 0.3) is 0 Å². The summed E-state index contributed by atoms with van der Waals surface area (Å²) >= 11 is 6.46. The summed E-state index contributed by atoms with van der Waals surface area (Å²) in [7, 11) is 1.69. The van der Waals surface area contributed by atoms with E-state index in [2.05, 4.69) is 24.4 Å². The second-order valence-corrected chi connectivity index (χ2v) is 6.13. The molecule has 2 aromatic carbocycles. The number of ether oxygens (including phenoxy) is 3. The summed E-state index contributed by atoms with van der Waals surface area (Å²) in [4.78, 5) is 0. The van der Waals surface area contributed by atoms with E-state index in [0.29, 0.717) is 42.9 Å². The highest BCUT2D eigenvalue weighted by Crippen LogP contribution is 2.37. The molecule has 1 N–H and O–H groups in total. The van der Waals surface area contributed by atoms with E-state index in [1.807, 2.05) is 31.2 Å². The van der Waals surface area contributed by atoms with Gasteiger partial charge >= 0.3 is 0 Å². The summed E-state index contributed by atoms with van der Waals surface area (Å²) in [5.74, 6) is 1.26. The third-order valence-corrected chi connectivity index (χ3v) is 4.10. The molecule has 0 amide bonds. The lowest BCUT2D eigenvalue weighted by atomic mass is 10.1. The lowest BCUT2D eigenvalue weighted by Gasteiger charge is -2.16. The highest BCUT2D eigenvalue weighted by atomic mass is 35.5. The number of nitrogens with one attached hydrogen (secondary N) is 1. The molecule has 0 heterocycles. The van der Waals surface area contributed by atoms with Gasteiger partial charge in [0.2, 0.25) is 0 Å². The van der Waals surface area contributed by atoms with E-state index in [1.54, 1.807) is 7.11 Å². The molecule has 0 aromatic heterocycles. The molecule has 5 heteroatoms. The number of hydrogen-bond donors (Lipinski definition) is 1. The Morgan fingerprint density at radius 3 is 2.64 bits per heavy atom. The second kappa shape index (κ2) is 10.3. The van der Waals surface area contributed by atoms with Crippen LogP contribution in [0.4, 0.5) is 0 Å². The third-order valence-electron chi connectivity index (χ3n) is 3.81. The number of hydrogen-bond acceptors (Lipinski definition) is 4. The average Bonchev–Trinajstić information content (AvgIpc) is 2.60. The molecule has 0 radical (unpaired) electrons. The lowest BCUT2D eigenvalue weighted by Crippen LogP contribution is -2.18. The van der Waals surface area contributed by atoms with E-state index in [0.717, 1.165) is 17.7 Å². The first kappa shape index (κ1) is 19.6. The van der Waals surface area contributed by atoms with Crippen LogP contribution in [0.5, 0.6) is 11.5 Å². The Morgan fingerprint density at radius 1 is 1.12 bits per heavy atom. The molecule has 0 unspecified atom stereocenters. The van der Waals surface area contributed by atoms with Crippen LogP contribution >= 0.6 is 11.6 Å². The topological polar surface area (TPSA) is 39.7 Å². The lowest BCUT2D eigenvalue weighted by molar-refractivity contribution is 0.199. The number of aryl methyl sites for hydroxylation is 1. The maximum absolute atomic E-state index is 6.46. The minimum atomic E-state index is 0.456. The van der Waals surface area contributed by atoms with Gasteiger partial charge < -0.3 is 19.5 Å². The van der Waals surface area contributed by atoms with Crippen LogP contribution in [0, 0.1) is 6.92 Å². The maximum Gasteiger partial charge on any atom is 0.180 e. The van der Waals surface area contributed by atoms with E-state index in [1.165, 1.54) is 5.56 Å². The molecule has 25 heavy (non-hydrogen) atoms. The van der Waals surface area contributed by atoms with Crippen molar-refractivity contribution in [1.29, 1.82) is 0 Å². The number of halogens is 1. The molecule has 0 spiro atoms. The Balaban J connectivity index is 2.11. The number of rotatable bonds is 10. The number of methoxy groups -OCH3 is 1. The molecular formula is C20H26ClNO3. The Bertz CT molecular complexity index is 676. The van der Waals surface area contributed by atoms with E-state index >= 15 is 0 Å². The molecule has 4 nitrogen and oxygen atoms in total. The summed E-state index contributed by atoms with van der Waals surface area (Å²) in [6.07, 6.45) is 0. The molecule has 0 aliphatic rings. The largest absolute Gasteiger partial charge is 0.490 e. The van der Waals surface area contributed by atoms with Crippen molar-refractivity contribution in [2.45, 2.75) is 27.0 Å². The zero-order chi connectivity index (χ0) is 18.1. The van der Waals surface area contributed by atoms with Gasteiger partial charge in [-0.3, -0.25) is 0 Å². The zero-order valence-corrected chi connectivity index (χ0v) is 15.9. The highest BCUT2D eigenvalue weighted by Gasteiger charge is 2.13. The predicted molar refractivity (Wildman–Crippen MR) is 102 cm³/mol. The molecule has 0 aliphatic carbocycles. The van der Waals surface area contributed by atoms with Crippen molar-refractivity contribution in [1.82, 2.24) is 5.32 Å². The van der Waals surface area contributed by atoms with Crippen molar-refractivity contribution in [3.63, 3.8) is 0 Å². The second-order valence-electron chi connectivity index (χ2n) is 5.72.